The molecule has 0 atom stereocenters. The van der Waals surface area contributed by atoms with Gasteiger partial charge in [-0.2, -0.15) is 0 Å². The van der Waals surface area contributed by atoms with Gasteiger partial charge >= 0.3 is 0 Å². The largest absolute Gasteiger partial charge is 0.388 e. The lowest BCUT2D eigenvalue weighted by atomic mass is 9.94. The second kappa shape index (κ2) is 6.02. The molecule has 1 saturated heterocycles. The summed E-state index contributed by atoms with van der Waals surface area (Å²) in [6.45, 7) is 2.71. The third-order valence-electron chi connectivity index (χ3n) is 3.39. The van der Waals surface area contributed by atoms with E-state index in [0.717, 1.165) is 17.1 Å². The summed E-state index contributed by atoms with van der Waals surface area (Å²) in [6.07, 6.45) is 1.42. The van der Waals surface area contributed by atoms with Gasteiger partial charge in [0.2, 0.25) is 0 Å². The fourth-order valence-electron chi connectivity index (χ4n) is 2.39. The fourth-order valence-corrected chi connectivity index (χ4v) is 2.58. The van der Waals surface area contributed by atoms with E-state index in [1.54, 1.807) is 0 Å². The Balaban J connectivity index is 1.92. The Morgan fingerprint density at radius 2 is 2.00 bits per heavy atom. The smallest absolute Gasteiger partial charge is 0.0817 e. The van der Waals surface area contributed by atoms with Crippen molar-refractivity contribution in [3.05, 3.63) is 34.9 Å². The van der Waals surface area contributed by atoms with Crippen molar-refractivity contribution in [3.63, 3.8) is 0 Å². The molecule has 2 rings (SSSR count). The standard InChI is InChI=1S/C14H20ClNO2/c1-16(10-12-4-2-3-5-13(12)15)11-14(17)6-8-18-9-7-14/h2-5,17H,6-11H2,1H3. The van der Waals surface area contributed by atoms with E-state index in [4.69, 9.17) is 16.3 Å². The number of hydrogen-bond acceptors (Lipinski definition) is 3. The molecule has 0 unspecified atom stereocenters. The van der Waals surface area contributed by atoms with Crippen LogP contribution < -0.4 is 0 Å². The van der Waals surface area contributed by atoms with Gasteiger partial charge in [-0.3, -0.25) is 4.90 Å². The van der Waals surface area contributed by atoms with Crippen molar-refractivity contribution in [1.29, 1.82) is 0 Å². The molecule has 0 spiro atoms. The van der Waals surface area contributed by atoms with Gasteiger partial charge in [-0.1, -0.05) is 29.8 Å². The predicted octanol–water partition coefficient (Wildman–Crippen LogP) is 2.31. The van der Waals surface area contributed by atoms with Crippen molar-refractivity contribution in [2.75, 3.05) is 26.8 Å². The molecule has 0 amide bonds. The molecule has 1 aromatic rings. The van der Waals surface area contributed by atoms with E-state index in [0.29, 0.717) is 32.6 Å². The van der Waals surface area contributed by atoms with E-state index < -0.39 is 5.60 Å². The molecular weight excluding hydrogens is 250 g/mol. The molecule has 1 aromatic carbocycles. The quantitative estimate of drug-likeness (QED) is 0.911. The Morgan fingerprint density at radius 1 is 1.33 bits per heavy atom. The maximum absolute atomic E-state index is 10.4. The number of aliphatic hydroxyl groups is 1. The minimum Gasteiger partial charge on any atom is -0.388 e. The predicted molar refractivity (Wildman–Crippen MR) is 72.8 cm³/mol. The highest BCUT2D eigenvalue weighted by molar-refractivity contribution is 6.31. The third-order valence-corrected chi connectivity index (χ3v) is 3.75. The molecule has 4 heteroatoms. The Hall–Kier alpha value is -0.610. The first-order valence-corrected chi connectivity index (χ1v) is 6.69. The molecule has 1 fully saturated rings. The zero-order valence-corrected chi connectivity index (χ0v) is 11.5. The highest BCUT2D eigenvalue weighted by atomic mass is 35.5. The Labute approximate surface area is 113 Å². The number of hydrogen-bond donors (Lipinski definition) is 1. The summed E-state index contributed by atoms with van der Waals surface area (Å²) in [7, 11) is 2.01. The van der Waals surface area contributed by atoms with Crippen LogP contribution in [-0.2, 0) is 11.3 Å². The van der Waals surface area contributed by atoms with E-state index in [-0.39, 0.29) is 0 Å². The van der Waals surface area contributed by atoms with E-state index in [1.807, 2.05) is 31.3 Å². The number of likely N-dealkylation sites (N-methyl/N-ethyl adjacent to an activating group) is 1. The topological polar surface area (TPSA) is 32.7 Å². The summed E-state index contributed by atoms with van der Waals surface area (Å²) in [5.74, 6) is 0. The lowest BCUT2D eigenvalue weighted by Gasteiger charge is -2.35. The van der Waals surface area contributed by atoms with Crippen LogP contribution in [0.15, 0.2) is 24.3 Å². The molecule has 0 aliphatic carbocycles. The maximum Gasteiger partial charge on any atom is 0.0817 e. The number of benzene rings is 1. The van der Waals surface area contributed by atoms with Crippen LogP contribution in [-0.4, -0.2) is 42.4 Å². The van der Waals surface area contributed by atoms with Crippen molar-refractivity contribution in [1.82, 2.24) is 4.90 Å². The molecule has 3 nitrogen and oxygen atoms in total. The van der Waals surface area contributed by atoms with Gasteiger partial charge in [0.1, 0.15) is 0 Å². The van der Waals surface area contributed by atoms with Crippen LogP contribution in [0.2, 0.25) is 5.02 Å². The van der Waals surface area contributed by atoms with Gasteiger partial charge in [0, 0.05) is 44.2 Å². The monoisotopic (exact) mass is 269 g/mol. The number of halogens is 1. The van der Waals surface area contributed by atoms with Crippen LogP contribution in [0, 0.1) is 0 Å². The van der Waals surface area contributed by atoms with E-state index in [9.17, 15) is 5.11 Å². The van der Waals surface area contributed by atoms with Gasteiger partial charge in [0.15, 0.2) is 0 Å². The van der Waals surface area contributed by atoms with Gasteiger partial charge in [-0.25, -0.2) is 0 Å². The second-order valence-electron chi connectivity index (χ2n) is 5.10. The molecule has 100 valence electrons. The zero-order chi connectivity index (χ0) is 13.0. The lowest BCUT2D eigenvalue weighted by Crippen LogP contribution is -2.45. The first-order valence-electron chi connectivity index (χ1n) is 6.31. The van der Waals surface area contributed by atoms with Gasteiger partial charge < -0.3 is 9.84 Å². The molecule has 1 heterocycles. The molecule has 1 aliphatic rings. The highest BCUT2D eigenvalue weighted by Crippen LogP contribution is 2.23. The SMILES string of the molecule is CN(Cc1ccccc1Cl)CC1(O)CCOCC1. The zero-order valence-electron chi connectivity index (χ0n) is 10.7. The molecule has 1 N–H and O–H groups in total. The van der Waals surface area contributed by atoms with E-state index in [2.05, 4.69) is 4.90 Å². The van der Waals surface area contributed by atoms with Gasteiger partial charge in [-0.15, -0.1) is 0 Å². The van der Waals surface area contributed by atoms with Crippen LogP contribution in [0.3, 0.4) is 0 Å². The molecular formula is C14H20ClNO2. The lowest BCUT2D eigenvalue weighted by molar-refractivity contribution is -0.0777. The Morgan fingerprint density at radius 3 is 2.67 bits per heavy atom. The van der Waals surface area contributed by atoms with Crippen LogP contribution >= 0.6 is 11.6 Å². The van der Waals surface area contributed by atoms with Crippen LogP contribution in [0.25, 0.3) is 0 Å². The first-order chi connectivity index (χ1) is 8.59. The number of ether oxygens (including phenoxy) is 1. The van der Waals surface area contributed by atoms with E-state index in [1.165, 1.54) is 0 Å². The van der Waals surface area contributed by atoms with Gasteiger partial charge in [0.05, 0.1) is 5.60 Å². The van der Waals surface area contributed by atoms with Crippen LogP contribution in [0.1, 0.15) is 18.4 Å². The number of nitrogens with zero attached hydrogens (tertiary/aromatic N) is 1. The summed E-state index contributed by atoms with van der Waals surface area (Å²) in [5.41, 5.74) is 0.478. The Kier molecular flexibility index (Phi) is 4.62. The van der Waals surface area contributed by atoms with Crippen molar-refractivity contribution >= 4 is 11.6 Å². The summed E-state index contributed by atoms with van der Waals surface area (Å²) < 4.78 is 5.28. The first kappa shape index (κ1) is 13.8. The van der Waals surface area contributed by atoms with Crippen molar-refractivity contribution < 1.29 is 9.84 Å². The second-order valence-corrected chi connectivity index (χ2v) is 5.51. The molecule has 0 aromatic heterocycles. The van der Waals surface area contributed by atoms with Gasteiger partial charge in [0.25, 0.3) is 0 Å². The highest BCUT2D eigenvalue weighted by Gasteiger charge is 2.30. The summed E-state index contributed by atoms with van der Waals surface area (Å²) in [6, 6.07) is 7.83. The molecule has 0 radical (unpaired) electrons. The number of rotatable bonds is 4. The minimum absolute atomic E-state index is 0.617. The van der Waals surface area contributed by atoms with Crippen LogP contribution in [0.5, 0.6) is 0 Å². The van der Waals surface area contributed by atoms with Crippen molar-refractivity contribution in [2.45, 2.75) is 25.0 Å². The summed E-state index contributed by atoms with van der Waals surface area (Å²) in [5, 5.41) is 11.2. The fraction of sp³-hybridized carbons (Fsp3) is 0.571. The van der Waals surface area contributed by atoms with Gasteiger partial charge in [-0.05, 0) is 18.7 Å². The van der Waals surface area contributed by atoms with Crippen molar-refractivity contribution in [2.24, 2.45) is 0 Å². The molecule has 18 heavy (non-hydrogen) atoms. The van der Waals surface area contributed by atoms with E-state index >= 15 is 0 Å². The normalized spacial score (nSPS) is 19.1. The minimum atomic E-state index is -0.617. The maximum atomic E-state index is 10.4. The molecule has 1 aliphatic heterocycles. The Bertz CT molecular complexity index is 391. The summed E-state index contributed by atoms with van der Waals surface area (Å²) >= 11 is 6.14. The summed E-state index contributed by atoms with van der Waals surface area (Å²) in [4.78, 5) is 2.12. The van der Waals surface area contributed by atoms with Crippen LogP contribution in [0.4, 0.5) is 0 Å². The van der Waals surface area contributed by atoms with Crippen molar-refractivity contribution in [3.8, 4) is 0 Å². The average molecular weight is 270 g/mol. The molecule has 0 bridgehead atoms. The third kappa shape index (κ3) is 3.69. The average Bonchev–Trinajstić information content (AvgIpc) is 2.32. The molecule has 0 saturated carbocycles.